The standard InChI is InChI=1S/C14H12.2C2H6.3CH4.Y/c1-2-6-12-10-14-8-4-3-7-13(14)9-11(12)5-1;2*1-2;;;;/h1-8H,9-10H2;2*1-2H3;3*1H4;. The van der Waals surface area contributed by atoms with Crippen molar-refractivity contribution in [1.82, 2.24) is 0 Å². The van der Waals surface area contributed by atoms with Crippen molar-refractivity contribution in [3.05, 3.63) is 70.8 Å². The predicted molar refractivity (Wildman–Crippen MR) is 101 cm³/mol. The van der Waals surface area contributed by atoms with E-state index in [9.17, 15) is 0 Å². The number of rotatable bonds is 0. The zero-order valence-electron chi connectivity index (χ0n) is 12.6. The summed E-state index contributed by atoms with van der Waals surface area (Å²) in [4.78, 5) is 0. The molecule has 1 aliphatic carbocycles. The van der Waals surface area contributed by atoms with E-state index in [0.29, 0.717) is 0 Å². The van der Waals surface area contributed by atoms with E-state index in [4.69, 9.17) is 0 Å². The zero-order valence-corrected chi connectivity index (χ0v) is 15.4. The van der Waals surface area contributed by atoms with Crippen LogP contribution in [-0.4, -0.2) is 0 Å². The molecule has 123 valence electrons. The Morgan fingerprint density at radius 2 is 0.682 bits per heavy atom. The van der Waals surface area contributed by atoms with Crippen LogP contribution >= 0.6 is 0 Å². The molecule has 0 bridgehead atoms. The van der Waals surface area contributed by atoms with Gasteiger partial charge in [-0.15, -0.1) is 0 Å². The number of hydrogen-bond acceptors (Lipinski definition) is 0. The molecule has 0 N–H and O–H groups in total. The number of fused-ring (bicyclic) bond motifs is 2. The normalized spacial score (nSPS) is 8.91. The van der Waals surface area contributed by atoms with E-state index in [2.05, 4.69) is 48.5 Å². The van der Waals surface area contributed by atoms with Gasteiger partial charge in [0.1, 0.15) is 0 Å². The smallest absolute Gasteiger partial charge is 0 e. The van der Waals surface area contributed by atoms with Crippen LogP contribution in [0.5, 0.6) is 0 Å². The van der Waals surface area contributed by atoms with Gasteiger partial charge in [0.05, 0.1) is 0 Å². The van der Waals surface area contributed by atoms with Crippen LogP contribution in [0.3, 0.4) is 0 Å². The Hall–Kier alpha value is -0.456. The molecule has 0 fully saturated rings. The Morgan fingerprint density at radius 3 is 0.864 bits per heavy atom. The molecule has 1 radical (unpaired) electrons. The van der Waals surface area contributed by atoms with Crippen LogP contribution in [0.25, 0.3) is 0 Å². The summed E-state index contributed by atoms with van der Waals surface area (Å²) in [5, 5.41) is 0. The van der Waals surface area contributed by atoms with E-state index in [-0.39, 0.29) is 55.0 Å². The monoisotopic (exact) mass is 377 g/mol. The van der Waals surface area contributed by atoms with Gasteiger partial charge >= 0.3 is 0 Å². The Bertz CT molecular complexity index is 387. The second-order valence-electron chi connectivity index (χ2n) is 3.89. The van der Waals surface area contributed by atoms with E-state index >= 15 is 0 Å². The Balaban J connectivity index is -0.000000189. The number of hydrogen-bond donors (Lipinski definition) is 0. The summed E-state index contributed by atoms with van der Waals surface area (Å²) in [6, 6.07) is 17.5. The van der Waals surface area contributed by atoms with E-state index < -0.39 is 0 Å². The maximum absolute atomic E-state index is 2.24. The van der Waals surface area contributed by atoms with Crippen LogP contribution < -0.4 is 0 Å². The molecule has 1 heteroatoms. The van der Waals surface area contributed by atoms with Crippen molar-refractivity contribution >= 4 is 0 Å². The van der Waals surface area contributed by atoms with Crippen LogP contribution in [0.4, 0.5) is 0 Å². The van der Waals surface area contributed by atoms with Crippen molar-refractivity contribution in [3.63, 3.8) is 0 Å². The molecule has 22 heavy (non-hydrogen) atoms. The molecule has 2 aromatic rings. The molecule has 0 aliphatic heterocycles. The minimum atomic E-state index is 0. The van der Waals surface area contributed by atoms with E-state index in [1.165, 1.54) is 22.3 Å². The summed E-state index contributed by atoms with van der Waals surface area (Å²) in [6.45, 7) is 8.00. The van der Waals surface area contributed by atoms with Gasteiger partial charge < -0.3 is 0 Å². The summed E-state index contributed by atoms with van der Waals surface area (Å²) >= 11 is 0. The summed E-state index contributed by atoms with van der Waals surface area (Å²) in [7, 11) is 0. The Labute approximate surface area is 165 Å². The van der Waals surface area contributed by atoms with Gasteiger partial charge in [0.15, 0.2) is 0 Å². The quantitative estimate of drug-likeness (QED) is 0.390. The third kappa shape index (κ3) is 7.70. The first-order valence-electron chi connectivity index (χ1n) is 7.07. The molecular weight excluding hydrogens is 341 g/mol. The van der Waals surface area contributed by atoms with E-state index in [1.807, 2.05) is 27.7 Å². The second-order valence-corrected chi connectivity index (χ2v) is 3.89. The predicted octanol–water partition coefficient (Wildman–Crippen LogP) is 7.14. The van der Waals surface area contributed by atoms with Crippen LogP contribution in [0.15, 0.2) is 48.5 Å². The van der Waals surface area contributed by atoms with Gasteiger partial charge in [0.2, 0.25) is 0 Å². The molecule has 0 heterocycles. The Kier molecular flexibility index (Phi) is 22.7. The topological polar surface area (TPSA) is 0 Å². The van der Waals surface area contributed by atoms with Crippen molar-refractivity contribution in [2.45, 2.75) is 62.8 Å². The van der Waals surface area contributed by atoms with Gasteiger partial charge in [-0.25, -0.2) is 0 Å². The zero-order chi connectivity index (χ0) is 13.4. The van der Waals surface area contributed by atoms with Gasteiger partial charge in [0.25, 0.3) is 0 Å². The average molecular weight is 377 g/mol. The molecule has 0 aromatic heterocycles. The number of benzene rings is 2. The average Bonchev–Trinajstić information content (AvgIpc) is 2.49. The Morgan fingerprint density at radius 1 is 0.500 bits per heavy atom. The fraction of sp³-hybridized carbons (Fsp3) is 0.429. The van der Waals surface area contributed by atoms with Crippen molar-refractivity contribution in [2.24, 2.45) is 0 Å². The molecule has 0 spiro atoms. The van der Waals surface area contributed by atoms with Gasteiger partial charge in [-0.1, -0.05) is 98.5 Å². The first kappa shape index (κ1) is 29.5. The van der Waals surface area contributed by atoms with Crippen LogP contribution in [0.1, 0.15) is 72.2 Å². The summed E-state index contributed by atoms with van der Waals surface area (Å²) < 4.78 is 0. The molecule has 3 rings (SSSR count). The molecular formula is C21H36Y. The largest absolute Gasteiger partial charge is 0.0776 e. The molecule has 0 unspecified atom stereocenters. The fourth-order valence-electron chi connectivity index (χ4n) is 2.22. The van der Waals surface area contributed by atoms with Crippen LogP contribution in [0, 0.1) is 0 Å². The van der Waals surface area contributed by atoms with Gasteiger partial charge in [0, 0.05) is 32.7 Å². The van der Waals surface area contributed by atoms with Crippen molar-refractivity contribution in [3.8, 4) is 0 Å². The third-order valence-corrected chi connectivity index (χ3v) is 3.00. The van der Waals surface area contributed by atoms with E-state index in [0.717, 1.165) is 12.8 Å². The van der Waals surface area contributed by atoms with Gasteiger partial charge in [-0.05, 0) is 35.1 Å². The second kappa shape index (κ2) is 16.9. The van der Waals surface area contributed by atoms with Crippen molar-refractivity contribution < 1.29 is 32.7 Å². The molecule has 0 amide bonds. The minimum absolute atomic E-state index is 0. The summed E-state index contributed by atoms with van der Waals surface area (Å²) in [6.07, 6.45) is 2.21. The maximum atomic E-state index is 2.24. The minimum Gasteiger partial charge on any atom is -0.0776 e. The first-order valence-corrected chi connectivity index (χ1v) is 7.07. The SMILES string of the molecule is C.C.C.CC.CC.[Y].c1ccc2c(c1)Cc1ccccc1C2. The molecule has 0 saturated heterocycles. The molecule has 0 nitrogen and oxygen atoms in total. The summed E-state index contributed by atoms with van der Waals surface area (Å²) in [5.41, 5.74) is 5.97. The maximum Gasteiger partial charge on any atom is 0 e. The summed E-state index contributed by atoms with van der Waals surface area (Å²) in [5.74, 6) is 0. The van der Waals surface area contributed by atoms with Crippen molar-refractivity contribution in [2.75, 3.05) is 0 Å². The van der Waals surface area contributed by atoms with Crippen LogP contribution in [-0.2, 0) is 45.6 Å². The van der Waals surface area contributed by atoms with Gasteiger partial charge in [-0.3, -0.25) is 0 Å². The molecule has 0 atom stereocenters. The molecule has 2 aromatic carbocycles. The fourth-order valence-corrected chi connectivity index (χ4v) is 2.22. The first-order chi connectivity index (χ1) is 8.93. The van der Waals surface area contributed by atoms with Crippen LogP contribution in [0.2, 0.25) is 0 Å². The van der Waals surface area contributed by atoms with Gasteiger partial charge in [-0.2, -0.15) is 0 Å². The molecule has 1 aliphatic rings. The van der Waals surface area contributed by atoms with Crippen molar-refractivity contribution in [1.29, 1.82) is 0 Å². The molecule has 0 saturated carbocycles. The third-order valence-electron chi connectivity index (χ3n) is 3.00. The van der Waals surface area contributed by atoms with E-state index in [1.54, 1.807) is 0 Å².